The van der Waals surface area contributed by atoms with Crippen LogP contribution in [0.2, 0.25) is 0 Å². The number of ether oxygens (including phenoxy) is 5. The highest BCUT2D eigenvalue weighted by Gasteiger charge is 2.28. The zero-order chi connectivity index (χ0) is 22.5. The van der Waals surface area contributed by atoms with Crippen LogP contribution >= 0.6 is 17.2 Å². The molecule has 0 aliphatic heterocycles. The third-order valence-corrected chi connectivity index (χ3v) is 7.35. The lowest BCUT2D eigenvalue weighted by Gasteiger charge is -2.33. The second-order valence-electron chi connectivity index (χ2n) is 7.08. The van der Waals surface area contributed by atoms with Crippen LogP contribution in [0.5, 0.6) is 0 Å². The van der Waals surface area contributed by atoms with Gasteiger partial charge in [0.1, 0.15) is 0 Å². The van der Waals surface area contributed by atoms with E-state index in [2.05, 4.69) is 6.92 Å². The highest BCUT2D eigenvalue weighted by molar-refractivity contribution is 7.38. The maximum absolute atomic E-state index is 6.18. The Hall–Kier alpha value is 0.620. The Morgan fingerprint density at radius 1 is 0.633 bits per heavy atom. The second-order valence-corrected chi connectivity index (χ2v) is 10.1. The molecule has 6 nitrogen and oxygen atoms in total. The Kier molecular flexibility index (Phi) is 21.9. The van der Waals surface area contributed by atoms with Crippen molar-refractivity contribution < 1.29 is 23.7 Å². The highest BCUT2D eigenvalue weighted by Crippen LogP contribution is 2.29. The van der Waals surface area contributed by atoms with Gasteiger partial charge in [-0.1, -0.05) is 0 Å². The summed E-state index contributed by atoms with van der Waals surface area (Å²) in [4.78, 5) is 0. The standard InChI is InChI=1S/C22H49NO5P2/c1-6-24-20(25-7-2)11-15-29-17-13-22(19-23,28-10-5)14-18-30-16-12-21(26-8-3)27-9-4/h20-21,29-30H,6-19,23H2,1-5H3. The Labute approximate surface area is 189 Å². The molecule has 0 aromatic rings. The molecule has 0 aliphatic rings. The molecule has 0 rings (SSSR count). The molecule has 0 radical (unpaired) electrons. The van der Waals surface area contributed by atoms with Crippen molar-refractivity contribution in [1.82, 2.24) is 0 Å². The van der Waals surface area contributed by atoms with Gasteiger partial charge in [-0.3, -0.25) is 0 Å². The van der Waals surface area contributed by atoms with Crippen LogP contribution in [0, 0.1) is 0 Å². The molecule has 0 amide bonds. The predicted octanol–water partition coefficient (Wildman–Crippen LogP) is 4.44. The van der Waals surface area contributed by atoms with Crippen molar-refractivity contribution in [1.29, 1.82) is 0 Å². The van der Waals surface area contributed by atoms with E-state index in [0.717, 1.165) is 74.1 Å². The molecule has 0 saturated carbocycles. The molecule has 0 fully saturated rings. The lowest BCUT2D eigenvalue weighted by molar-refractivity contribution is -0.136. The van der Waals surface area contributed by atoms with Crippen molar-refractivity contribution >= 4 is 17.2 Å². The van der Waals surface area contributed by atoms with Crippen molar-refractivity contribution in [3.05, 3.63) is 0 Å². The van der Waals surface area contributed by atoms with E-state index in [1.807, 2.05) is 27.7 Å². The van der Waals surface area contributed by atoms with Crippen molar-refractivity contribution in [3.63, 3.8) is 0 Å². The van der Waals surface area contributed by atoms with E-state index >= 15 is 0 Å². The molecule has 0 aliphatic carbocycles. The van der Waals surface area contributed by atoms with Crippen LogP contribution in [0.1, 0.15) is 60.3 Å². The zero-order valence-electron chi connectivity index (χ0n) is 20.2. The van der Waals surface area contributed by atoms with Gasteiger partial charge in [-0.25, -0.2) is 0 Å². The van der Waals surface area contributed by atoms with Gasteiger partial charge >= 0.3 is 0 Å². The first-order valence-corrected chi connectivity index (χ1v) is 14.7. The molecule has 30 heavy (non-hydrogen) atoms. The monoisotopic (exact) mass is 469 g/mol. The minimum absolute atomic E-state index is 0.0583. The van der Waals surface area contributed by atoms with E-state index in [1.165, 1.54) is 0 Å². The molecule has 0 saturated heterocycles. The smallest absolute Gasteiger partial charge is 0.157 e. The number of nitrogens with two attached hydrogens (primary N) is 1. The Morgan fingerprint density at radius 2 is 1.03 bits per heavy atom. The quantitative estimate of drug-likeness (QED) is 0.136. The van der Waals surface area contributed by atoms with Crippen LogP contribution in [0.15, 0.2) is 0 Å². The molecular formula is C22H49NO5P2. The Balaban J connectivity index is 4.24. The zero-order valence-corrected chi connectivity index (χ0v) is 22.2. The summed E-state index contributed by atoms with van der Waals surface area (Å²) in [5, 5.41) is 0. The Bertz CT molecular complexity index is 328. The van der Waals surface area contributed by atoms with E-state index in [-0.39, 0.29) is 18.2 Å². The summed E-state index contributed by atoms with van der Waals surface area (Å²) in [6.07, 6.45) is 8.46. The fourth-order valence-corrected chi connectivity index (χ4v) is 5.98. The van der Waals surface area contributed by atoms with Crippen LogP contribution in [0.3, 0.4) is 0 Å². The topological polar surface area (TPSA) is 72.2 Å². The lowest BCUT2D eigenvalue weighted by Crippen LogP contribution is -2.42. The average Bonchev–Trinajstić information content (AvgIpc) is 2.73. The number of hydrogen-bond donors (Lipinski definition) is 1. The van der Waals surface area contributed by atoms with Gasteiger partial charge in [0.2, 0.25) is 0 Å². The van der Waals surface area contributed by atoms with Gasteiger partial charge < -0.3 is 29.4 Å². The first-order chi connectivity index (χ1) is 14.6. The third kappa shape index (κ3) is 15.4. The van der Waals surface area contributed by atoms with Crippen LogP contribution in [0.25, 0.3) is 0 Å². The van der Waals surface area contributed by atoms with Crippen LogP contribution in [-0.2, 0) is 23.7 Å². The molecule has 2 atom stereocenters. The summed E-state index contributed by atoms with van der Waals surface area (Å²) in [7, 11) is 1.78. The third-order valence-electron chi connectivity index (χ3n) is 4.86. The lowest BCUT2D eigenvalue weighted by atomic mass is 9.97. The van der Waals surface area contributed by atoms with Gasteiger partial charge in [-0.2, -0.15) is 0 Å². The first-order valence-electron chi connectivity index (χ1n) is 11.8. The summed E-state index contributed by atoms with van der Waals surface area (Å²) in [5.74, 6) is 0. The van der Waals surface area contributed by atoms with Gasteiger partial charge in [-0.15, -0.1) is 17.2 Å². The van der Waals surface area contributed by atoms with E-state index in [0.29, 0.717) is 33.0 Å². The van der Waals surface area contributed by atoms with Crippen molar-refractivity contribution in [3.8, 4) is 0 Å². The minimum Gasteiger partial charge on any atom is -0.374 e. The van der Waals surface area contributed by atoms with E-state index in [9.17, 15) is 0 Å². The average molecular weight is 470 g/mol. The first kappa shape index (κ1) is 30.6. The molecule has 0 spiro atoms. The summed E-state index contributed by atoms with van der Waals surface area (Å²) >= 11 is 0. The van der Waals surface area contributed by atoms with Gasteiger partial charge in [0.15, 0.2) is 12.6 Å². The normalized spacial score (nSPS) is 14.8. The SMILES string of the molecule is CCOC(CCPCCC(CN)(CCPCCC(OCC)OCC)OCC)OCC. The summed E-state index contributed by atoms with van der Waals surface area (Å²) in [6.45, 7) is 14.2. The van der Waals surface area contributed by atoms with Crippen LogP contribution in [0.4, 0.5) is 0 Å². The molecule has 2 unspecified atom stereocenters. The molecule has 8 heteroatoms. The second kappa shape index (κ2) is 21.5. The van der Waals surface area contributed by atoms with E-state index in [4.69, 9.17) is 29.4 Å². The summed E-state index contributed by atoms with van der Waals surface area (Å²) < 4.78 is 28.7. The number of hydrogen-bond acceptors (Lipinski definition) is 6. The van der Waals surface area contributed by atoms with Gasteiger partial charge in [0, 0.05) is 52.4 Å². The molecule has 0 aromatic carbocycles. The maximum Gasteiger partial charge on any atom is 0.157 e. The fraction of sp³-hybridized carbons (Fsp3) is 1.00. The summed E-state index contributed by atoms with van der Waals surface area (Å²) in [6, 6.07) is 0. The largest absolute Gasteiger partial charge is 0.374 e. The number of rotatable bonds is 23. The fourth-order valence-electron chi connectivity index (χ4n) is 3.33. The van der Waals surface area contributed by atoms with Crippen LogP contribution in [-0.4, -0.2) is 82.4 Å². The van der Waals surface area contributed by atoms with Gasteiger partial charge in [0.25, 0.3) is 0 Å². The molecule has 0 bridgehead atoms. The highest BCUT2D eigenvalue weighted by atomic mass is 31.1. The van der Waals surface area contributed by atoms with Gasteiger partial charge in [0.05, 0.1) is 5.60 Å². The molecule has 0 heterocycles. The maximum atomic E-state index is 6.18. The Morgan fingerprint density at radius 3 is 1.33 bits per heavy atom. The summed E-state index contributed by atoms with van der Waals surface area (Å²) in [5.41, 5.74) is 6.01. The molecule has 2 N–H and O–H groups in total. The van der Waals surface area contributed by atoms with Crippen LogP contribution < -0.4 is 5.73 Å². The van der Waals surface area contributed by atoms with Crippen molar-refractivity contribution in [2.75, 3.05) is 64.2 Å². The molecule has 0 aromatic heterocycles. The van der Waals surface area contributed by atoms with Crippen molar-refractivity contribution in [2.24, 2.45) is 5.73 Å². The van der Waals surface area contributed by atoms with Crippen molar-refractivity contribution in [2.45, 2.75) is 78.5 Å². The minimum atomic E-state index is -0.173. The van der Waals surface area contributed by atoms with Gasteiger partial charge in [-0.05, 0) is 72.1 Å². The van der Waals surface area contributed by atoms with E-state index < -0.39 is 0 Å². The van der Waals surface area contributed by atoms with E-state index in [1.54, 1.807) is 0 Å². The molecule has 182 valence electrons. The predicted molar refractivity (Wildman–Crippen MR) is 132 cm³/mol. The molecular weight excluding hydrogens is 420 g/mol.